The highest BCUT2D eigenvalue weighted by Crippen LogP contribution is 2.18. The van der Waals surface area contributed by atoms with Crippen LogP contribution in [0.3, 0.4) is 0 Å². The van der Waals surface area contributed by atoms with Crippen molar-refractivity contribution < 1.29 is 9.18 Å². The van der Waals surface area contributed by atoms with E-state index in [4.69, 9.17) is 17.3 Å². The lowest BCUT2D eigenvalue weighted by atomic mass is 10.3. The molecule has 3 N–H and O–H groups in total. The van der Waals surface area contributed by atoms with Crippen molar-refractivity contribution in [2.45, 2.75) is 6.54 Å². The van der Waals surface area contributed by atoms with Crippen LogP contribution in [-0.2, 0) is 11.3 Å². The number of halogens is 2. The van der Waals surface area contributed by atoms with Crippen LogP contribution in [-0.4, -0.2) is 10.5 Å². The van der Waals surface area contributed by atoms with E-state index >= 15 is 0 Å². The van der Waals surface area contributed by atoms with Gasteiger partial charge in [0.25, 0.3) is 5.56 Å². The van der Waals surface area contributed by atoms with Gasteiger partial charge >= 0.3 is 0 Å². The summed E-state index contributed by atoms with van der Waals surface area (Å²) in [7, 11) is 0. The van der Waals surface area contributed by atoms with Gasteiger partial charge in [0.05, 0.1) is 5.69 Å². The first-order chi connectivity index (χ1) is 9.45. The molecule has 0 spiro atoms. The standard InChI is InChI=1S/C13H11ClFN3O2/c14-8-1-3-11(10(15)5-8)17-12(19)7-18-6-9(16)2-4-13(18)20/h1-6H,7,16H2,(H,17,19). The van der Waals surface area contributed by atoms with E-state index in [2.05, 4.69) is 5.32 Å². The molecule has 0 unspecified atom stereocenters. The summed E-state index contributed by atoms with van der Waals surface area (Å²) >= 11 is 5.61. The van der Waals surface area contributed by atoms with Gasteiger partial charge in [-0.05, 0) is 24.3 Å². The predicted molar refractivity (Wildman–Crippen MR) is 75.2 cm³/mol. The molecule has 1 heterocycles. The van der Waals surface area contributed by atoms with Crippen molar-refractivity contribution >= 4 is 28.9 Å². The van der Waals surface area contributed by atoms with Gasteiger partial charge in [0.1, 0.15) is 12.4 Å². The van der Waals surface area contributed by atoms with Crippen LogP contribution in [0.25, 0.3) is 0 Å². The van der Waals surface area contributed by atoms with Gasteiger partial charge in [-0.3, -0.25) is 9.59 Å². The first-order valence-electron chi connectivity index (χ1n) is 5.66. The maximum Gasteiger partial charge on any atom is 0.251 e. The second-order valence-corrected chi connectivity index (χ2v) is 4.54. The van der Waals surface area contributed by atoms with Gasteiger partial charge in [-0.25, -0.2) is 4.39 Å². The number of nitrogen functional groups attached to an aromatic ring is 1. The Morgan fingerprint density at radius 1 is 1.35 bits per heavy atom. The number of hydrogen-bond donors (Lipinski definition) is 2. The summed E-state index contributed by atoms with van der Waals surface area (Å²) in [5.41, 5.74) is 5.51. The summed E-state index contributed by atoms with van der Waals surface area (Å²) in [6.45, 7) is -0.258. The molecule has 7 heteroatoms. The zero-order valence-electron chi connectivity index (χ0n) is 10.3. The minimum Gasteiger partial charge on any atom is -0.398 e. The van der Waals surface area contributed by atoms with Gasteiger partial charge in [0, 0.05) is 23.0 Å². The molecule has 5 nitrogen and oxygen atoms in total. The number of anilines is 2. The second kappa shape index (κ2) is 5.75. The van der Waals surface area contributed by atoms with Gasteiger partial charge in [-0.2, -0.15) is 0 Å². The molecule has 104 valence electrons. The van der Waals surface area contributed by atoms with Crippen LogP contribution in [0.1, 0.15) is 0 Å². The number of aromatic nitrogens is 1. The molecule has 1 aromatic heterocycles. The monoisotopic (exact) mass is 295 g/mol. The normalized spacial score (nSPS) is 10.3. The fraction of sp³-hybridized carbons (Fsp3) is 0.0769. The van der Waals surface area contributed by atoms with Crippen LogP contribution in [0.15, 0.2) is 41.3 Å². The number of nitrogens with two attached hydrogens (primary N) is 1. The van der Waals surface area contributed by atoms with Crippen molar-refractivity contribution in [3.05, 3.63) is 57.7 Å². The van der Waals surface area contributed by atoms with Gasteiger partial charge in [-0.15, -0.1) is 0 Å². The van der Waals surface area contributed by atoms with Gasteiger partial charge in [-0.1, -0.05) is 11.6 Å². The molecule has 0 aliphatic rings. The highest BCUT2D eigenvalue weighted by Gasteiger charge is 2.09. The number of carbonyl (C=O) groups excluding carboxylic acids is 1. The number of rotatable bonds is 3. The Hall–Kier alpha value is -2.34. The van der Waals surface area contributed by atoms with Crippen LogP contribution in [0.4, 0.5) is 15.8 Å². The molecule has 0 saturated carbocycles. The molecule has 20 heavy (non-hydrogen) atoms. The van der Waals surface area contributed by atoms with Crippen LogP contribution < -0.4 is 16.6 Å². The Labute approximate surface area is 118 Å². The molecule has 1 amide bonds. The molecule has 2 aromatic rings. The molecule has 0 aliphatic carbocycles. The SMILES string of the molecule is Nc1ccc(=O)n(CC(=O)Nc2ccc(Cl)cc2F)c1. The third-order valence-electron chi connectivity index (χ3n) is 2.53. The largest absolute Gasteiger partial charge is 0.398 e. The molecule has 1 aromatic carbocycles. The van der Waals surface area contributed by atoms with E-state index in [9.17, 15) is 14.0 Å². The van der Waals surface area contributed by atoms with Gasteiger partial charge in [0.15, 0.2) is 0 Å². The molecular weight excluding hydrogens is 285 g/mol. The van der Waals surface area contributed by atoms with E-state index in [1.165, 1.54) is 30.5 Å². The average Bonchev–Trinajstić information content (AvgIpc) is 2.37. The molecule has 0 saturated heterocycles. The topological polar surface area (TPSA) is 77.1 Å². The molecule has 0 fully saturated rings. The molecule has 0 bridgehead atoms. The summed E-state index contributed by atoms with van der Waals surface area (Å²) in [5.74, 6) is -1.19. The molecular formula is C13H11ClFN3O2. The smallest absolute Gasteiger partial charge is 0.251 e. The van der Waals surface area contributed by atoms with E-state index < -0.39 is 11.7 Å². The lowest BCUT2D eigenvalue weighted by Crippen LogP contribution is -2.27. The first-order valence-corrected chi connectivity index (χ1v) is 6.04. The summed E-state index contributed by atoms with van der Waals surface area (Å²) in [5, 5.41) is 2.59. The average molecular weight is 296 g/mol. The fourth-order valence-corrected chi connectivity index (χ4v) is 1.77. The molecule has 2 rings (SSSR count). The molecule has 0 aliphatic heterocycles. The van der Waals surface area contributed by atoms with E-state index in [0.717, 1.165) is 10.6 Å². The van der Waals surface area contributed by atoms with Crippen LogP contribution in [0, 0.1) is 5.82 Å². The Bertz CT molecular complexity index is 715. The summed E-state index contributed by atoms with van der Waals surface area (Å²) in [6, 6.07) is 6.58. The number of nitrogens with one attached hydrogen (secondary N) is 1. The van der Waals surface area contributed by atoms with Crippen molar-refractivity contribution in [1.29, 1.82) is 0 Å². The number of nitrogens with zero attached hydrogens (tertiary/aromatic N) is 1. The highest BCUT2D eigenvalue weighted by molar-refractivity contribution is 6.30. The summed E-state index contributed by atoms with van der Waals surface area (Å²) < 4.78 is 14.6. The van der Waals surface area contributed by atoms with Crippen LogP contribution in [0.5, 0.6) is 0 Å². The van der Waals surface area contributed by atoms with Crippen molar-refractivity contribution in [3.8, 4) is 0 Å². The number of amides is 1. The number of carbonyl (C=O) groups is 1. The Balaban J connectivity index is 2.13. The zero-order chi connectivity index (χ0) is 14.7. The third-order valence-corrected chi connectivity index (χ3v) is 2.76. The Morgan fingerprint density at radius 3 is 2.80 bits per heavy atom. The van der Waals surface area contributed by atoms with E-state index in [0.29, 0.717) is 5.69 Å². The minimum atomic E-state index is -0.647. The quantitative estimate of drug-likeness (QED) is 0.907. The van der Waals surface area contributed by atoms with Crippen molar-refractivity contribution in [1.82, 2.24) is 4.57 Å². The van der Waals surface area contributed by atoms with Crippen molar-refractivity contribution in [2.24, 2.45) is 0 Å². The van der Waals surface area contributed by atoms with E-state index in [1.54, 1.807) is 0 Å². The fourth-order valence-electron chi connectivity index (χ4n) is 1.61. The Morgan fingerprint density at radius 2 is 2.10 bits per heavy atom. The Kier molecular flexibility index (Phi) is 4.05. The lowest BCUT2D eigenvalue weighted by molar-refractivity contribution is -0.116. The van der Waals surface area contributed by atoms with Crippen molar-refractivity contribution in [3.63, 3.8) is 0 Å². The van der Waals surface area contributed by atoms with Gasteiger partial charge in [0.2, 0.25) is 5.91 Å². The number of pyridine rings is 1. The van der Waals surface area contributed by atoms with E-state index in [1.807, 2.05) is 0 Å². The van der Waals surface area contributed by atoms with Crippen molar-refractivity contribution in [2.75, 3.05) is 11.1 Å². The number of hydrogen-bond acceptors (Lipinski definition) is 3. The maximum atomic E-state index is 13.5. The van der Waals surface area contributed by atoms with Crippen LogP contribution >= 0.6 is 11.6 Å². The third kappa shape index (κ3) is 3.36. The number of benzene rings is 1. The summed E-state index contributed by atoms with van der Waals surface area (Å²) in [6.07, 6.45) is 1.35. The maximum absolute atomic E-state index is 13.5. The second-order valence-electron chi connectivity index (χ2n) is 4.10. The van der Waals surface area contributed by atoms with E-state index in [-0.39, 0.29) is 22.8 Å². The minimum absolute atomic E-state index is 0.00338. The highest BCUT2D eigenvalue weighted by atomic mass is 35.5. The summed E-state index contributed by atoms with van der Waals surface area (Å²) in [4.78, 5) is 23.3. The first kappa shape index (κ1) is 14.1. The lowest BCUT2D eigenvalue weighted by Gasteiger charge is -2.08. The predicted octanol–water partition coefficient (Wildman–Crippen LogP) is 1.86. The van der Waals surface area contributed by atoms with Crippen LogP contribution in [0.2, 0.25) is 5.02 Å². The molecule has 0 atom stereocenters. The molecule has 0 radical (unpaired) electrons. The van der Waals surface area contributed by atoms with Gasteiger partial charge < -0.3 is 15.6 Å². The zero-order valence-corrected chi connectivity index (χ0v) is 11.0.